The average Bonchev–Trinajstić information content (AvgIpc) is 3.49. The van der Waals surface area contributed by atoms with Crippen LogP contribution in [0.3, 0.4) is 0 Å². The zero-order chi connectivity index (χ0) is 24.8. The van der Waals surface area contributed by atoms with E-state index < -0.39 is 0 Å². The van der Waals surface area contributed by atoms with Crippen molar-refractivity contribution in [2.75, 3.05) is 0 Å². The molecule has 0 radical (unpaired) electrons. The number of hydrogen-bond donors (Lipinski definition) is 0. The molecule has 0 spiro atoms. The average molecular weight is 593 g/mol. The van der Waals surface area contributed by atoms with E-state index in [0.29, 0.717) is 10.3 Å². The molecule has 4 rings (SSSR count). The molecule has 0 aliphatic heterocycles. The molecule has 0 bridgehead atoms. The fourth-order valence-corrected chi connectivity index (χ4v) is 18.8. The molecule has 3 saturated carbocycles. The summed E-state index contributed by atoms with van der Waals surface area (Å²) in [5.74, 6) is 1.04. The molecule has 0 aromatic heterocycles. The molecule has 220 valence electrons. The van der Waals surface area contributed by atoms with Gasteiger partial charge in [0.25, 0.3) is 0 Å². The molecular formula is C34H66FeP2. The van der Waals surface area contributed by atoms with Crippen molar-refractivity contribution in [3.8, 4) is 0 Å². The Kier molecular flexibility index (Phi) is 18.4. The van der Waals surface area contributed by atoms with Crippen LogP contribution in [0.5, 0.6) is 0 Å². The topological polar surface area (TPSA) is 0 Å². The summed E-state index contributed by atoms with van der Waals surface area (Å²) in [5.41, 5.74) is 4.32. The predicted octanol–water partition coefficient (Wildman–Crippen LogP) is 12.4. The van der Waals surface area contributed by atoms with Gasteiger partial charge in [-0.1, -0.05) is 121 Å². The van der Waals surface area contributed by atoms with E-state index in [1.165, 1.54) is 38.5 Å². The number of hydrogen-bond acceptors (Lipinski definition) is 0. The van der Waals surface area contributed by atoms with E-state index in [2.05, 4.69) is 60.6 Å². The molecule has 3 atom stereocenters. The zero-order valence-electron chi connectivity index (χ0n) is 26.6. The van der Waals surface area contributed by atoms with Crippen LogP contribution in [0.25, 0.3) is 0 Å². The smallest absolute Gasteiger partial charge is 0.358 e. The maximum absolute atomic E-state index is 2.71. The second-order valence-corrected chi connectivity index (χ2v) is 21.3. The van der Waals surface area contributed by atoms with Crippen molar-refractivity contribution in [1.82, 2.24) is 0 Å². The zero-order valence-corrected chi connectivity index (χ0v) is 29.5. The minimum atomic E-state index is 0. The van der Waals surface area contributed by atoms with Gasteiger partial charge in [-0.3, -0.25) is 0 Å². The van der Waals surface area contributed by atoms with Crippen LogP contribution in [-0.2, 0) is 17.1 Å². The van der Waals surface area contributed by atoms with E-state index in [0.717, 1.165) is 28.6 Å². The predicted molar refractivity (Wildman–Crippen MR) is 174 cm³/mol. The normalized spacial score (nSPS) is 26.1. The van der Waals surface area contributed by atoms with E-state index in [1.54, 1.807) is 64.2 Å². The molecule has 4 aliphatic carbocycles. The van der Waals surface area contributed by atoms with E-state index >= 15 is 0 Å². The molecule has 3 fully saturated rings. The van der Waals surface area contributed by atoms with Gasteiger partial charge in [-0.25, -0.2) is 0 Å². The molecule has 0 amide bonds. The third-order valence-corrected chi connectivity index (χ3v) is 17.5. The summed E-state index contributed by atoms with van der Waals surface area (Å²) in [6.07, 6.45) is 28.7. The van der Waals surface area contributed by atoms with Gasteiger partial charge in [-0.05, 0) is 96.7 Å². The van der Waals surface area contributed by atoms with Gasteiger partial charge in [0.1, 0.15) is 0 Å². The Balaban J connectivity index is 0.00000145. The summed E-state index contributed by atoms with van der Waals surface area (Å²) in [7, 11) is 0.253. The van der Waals surface area contributed by atoms with Crippen LogP contribution in [-0.4, -0.2) is 32.9 Å². The molecule has 4 aliphatic rings. The molecule has 3 unspecified atom stereocenters. The molecule has 0 saturated heterocycles. The largest absolute Gasteiger partial charge is 2.00 e. The van der Waals surface area contributed by atoms with Gasteiger partial charge in [0, 0.05) is 0 Å². The van der Waals surface area contributed by atoms with Gasteiger partial charge >= 0.3 is 17.1 Å². The van der Waals surface area contributed by atoms with Gasteiger partial charge in [0.05, 0.1) is 0 Å². The van der Waals surface area contributed by atoms with Crippen molar-refractivity contribution < 1.29 is 17.1 Å². The van der Waals surface area contributed by atoms with Crippen LogP contribution in [0.4, 0.5) is 0 Å². The SMILES string of the molecule is C1=CCCC1.CC(C1CCCC1P(C1CCCCC1)C1CCCCC1)P(C(C)(C)C)C(C)(C)C.[CH3-].[CH3-].[Fe+2]. The first kappa shape index (κ1) is 38.1. The summed E-state index contributed by atoms with van der Waals surface area (Å²) >= 11 is 0. The molecule has 0 nitrogen and oxygen atoms in total. The first-order valence-corrected chi connectivity index (χ1v) is 18.3. The second kappa shape index (κ2) is 17.8. The Labute approximate surface area is 249 Å². The fourth-order valence-electron chi connectivity index (χ4n) is 8.51. The molecule has 0 N–H and O–H groups in total. The minimum Gasteiger partial charge on any atom is -0.358 e. The Bertz CT molecular complexity index is 566. The van der Waals surface area contributed by atoms with Crippen molar-refractivity contribution in [1.29, 1.82) is 0 Å². The summed E-state index contributed by atoms with van der Waals surface area (Å²) in [5, 5.41) is 0.942. The quantitative estimate of drug-likeness (QED) is 0.129. The Hall–Kier alpha value is 1.12. The van der Waals surface area contributed by atoms with E-state index in [-0.39, 0.29) is 47.8 Å². The Morgan fingerprint density at radius 1 is 0.595 bits per heavy atom. The summed E-state index contributed by atoms with van der Waals surface area (Å²) in [6, 6.07) is 0. The molecule has 0 aromatic rings. The van der Waals surface area contributed by atoms with E-state index in [9.17, 15) is 0 Å². The standard InChI is InChI=1S/C27H52P2.C5H8.2CH3.Fe/c1-21(29(26(2,3)4)27(5,6)7)24-19-14-20-25(24)28(22-15-10-8-11-16-22)23-17-12-9-13-18-23;1-2-4-5-3-1;;;/h21-25H,8-20H2,1-7H3;1-2H,3-5H2;2*1H3;/q;;2*-1;+2. The van der Waals surface area contributed by atoms with Gasteiger partial charge in [0.2, 0.25) is 0 Å². The second-order valence-electron chi connectivity index (χ2n) is 14.0. The third-order valence-electron chi connectivity index (χ3n) is 9.29. The monoisotopic (exact) mass is 592 g/mol. The Morgan fingerprint density at radius 2 is 1.03 bits per heavy atom. The number of rotatable bonds is 5. The Morgan fingerprint density at radius 3 is 1.38 bits per heavy atom. The molecular weight excluding hydrogens is 526 g/mol. The first-order valence-electron chi connectivity index (χ1n) is 15.3. The third kappa shape index (κ3) is 11.1. The maximum Gasteiger partial charge on any atom is 2.00 e. The first-order chi connectivity index (χ1) is 16.1. The van der Waals surface area contributed by atoms with Crippen molar-refractivity contribution in [2.24, 2.45) is 5.92 Å². The van der Waals surface area contributed by atoms with Gasteiger partial charge < -0.3 is 14.9 Å². The van der Waals surface area contributed by atoms with Crippen molar-refractivity contribution in [3.63, 3.8) is 0 Å². The molecule has 3 heteroatoms. The maximum atomic E-state index is 2.71. The van der Waals surface area contributed by atoms with E-state index in [4.69, 9.17) is 0 Å². The van der Waals surface area contributed by atoms with Crippen LogP contribution in [0.15, 0.2) is 12.2 Å². The molecule has 0 aromatic carbocycles. The van der Waals surface area contributed by atoms with Crippen molar-refractivity contribution in [2.45, 2.75) is 184 Å². The van der Waals surface area contributed by atoms with Gasteiger partial charge in [-0.15, -0.1) is 0 Å². The minimum absolute atomic E-state index is 0. The van der Waals surface area contributed by atoms with Crippen LogP contribution < -0.4 is 0 Å². The van der Waals surface area contributed by atoms with Crippen molar-refractivity contribution in [3.05, 3.63) is 27.0 Å². The molecule has 37 heavy (non-hydrogen) atoms. The number of allylic oxidation sites excluding steroid dienone is 2. The van der Waals surface area contributed by atoms with Crippen molar-refractivity contribution >= 4 is 15.8 Å². The summed E-state index contributed by atoms with van der Waals surface area (Å²) in [4.78, 5) is 0. The fraction of sp³-hybridized carbons (Fsp3) is 0.882. The van der Waals surface area contributed by atoms with Gasteiger partial charge in [0.15, 0.2) is 0 Å². The van der Waals surface area contributed by atoms with E-state index in [1.807, 2.05) is 0 Å². The summed E-state index contributed by atoms with van der Waals surface area (Å²) in [6.45, 7) is 18.0. The van der Waals surface area contributed by atoms with Crippen LogP contribution >= 0.6 is 15.8 Å². The van der Waals surface area contributed by atoms with Gasteiger partial charge in [-0.2, -0.15) is 0 Å². The van der Waals surface area contributed by atoms with Crippen LogP contribution in [0.2, 0.25) is 0 Å². The van der Waals surface area contributed by atoms with Crippen LogP contribution in [0.1, 0.15) is 151 Å². The van der Waals surface area contributed by atoms with Crippen LogP contribution in [0, 0.1) is 20.8 Å². The molecule has 0 heterocycles. The summed E-state index contributed by atoms with van der Waals surface area (Å²) < 4.78 is 0.